The normalized spacial score (nSPS) is 15.4. The van der Waals surface area contributed by atoms with Crippen LogP contribution in [0.15, 0.2) is 58.2 Å². The first-order chi connectivity index (χ1) is 17.1. The van der Waals surface area contributed by atoms with Gasteiger partial charge in [0.15, 0.2) is 5.82 Å². The smallest absolute Gasteiger partial charge is 0.240 e. The summed E-state index contributed by atoms with van der Waals surface area (Å²) in [7, 11) is 0. The number of nitrogens with one attached hydrogen (secondary N) is 2. The Hall–Kier alpha value is -3.55. The SMILES string of the molecule is Cc1noc(C2CCN(C(=O)C(CCn3cccc3C#N)NSc3cccc4[nH]ccc34)CC2)n1. The van der Waals surface area contributed by atoms with Gasteiger partial charge >= 0.3 is 0 Å². The lowest BCUT2D eigenvalue weighted by molar-refractivity contribution is -0.134. The molecule has 1 fully saturated rings. The topological polar surface area (TPSA) is 116 Å². The van der Waals surface area contributed by atoms with E-state index in [9.17, 15) is 10.1 Å². The molecule has 1 aliphatic rings. The number of aromatic nitrogens is 4. The highest BCUT2D eigenvalue weighted by molar-refractivity contribution is 7.97. The van der Waals surface area contributed by atoms with Gasteiger partial charge in [-0.05, 0) is 68.5 Å². The summed E-state index contributed by atoms with van der Waals surface area (Å²) in [4.78, 5) is 24.2. The quantitative estimate of drug-likeness (QED) is 0.360. The number of H-pyrrole nitrogens is 1. The van der Waals surface area contributed by atoms with E-state index in [1.54, 1.807) is 6.07 Å². The molecular formula is C25H27N7O2S. The number of hydrogen-bond acceptors (Lipinski definition) is 7. The third kappa shape index (κ3) is 5.11. The maximum absolute atomic E-state index is 13.6. The van der Waals surface area contributed by atoms with Crippen molar-refractivity contribution in [1.82, 2.24) is 29.3 Å². The van der Waals surface area contributed by atoms with E-state index < -0.39 is 6.04 Å². The van der Waals surface area contributed by atoms with Crippen molar-refractivity contribution >= 4 is 28.8 Å². The summed E-state index contributed by atoms with van der Waals surface area (Å²) in [6, 6.07) is 13.6. The minimum absolute atomic E-state index is 0.0737. The van der Waals surface area contributed by atoms with Crippen molar-refractivity contribution in [2.75, 3.05) is 13.1 Å². The summed E-state index contributed by atoms with van der Waals surface area (Å²) in [5, 5.41) is 14.4. The lowest BCUT2D eigenvalue weighted by atomic mass is 9.96. The third-order valence-corrected chi connectivity index (χ3v) is 7.44. The van der Waals surface area contributed by atoms with E-state index in [4.69, 9.17) is 4.52 Å². The molecular weight excluding hydrogens is 462 g/mol. The van der Waals surface area contributed by atoms with E-state index in [2.05, 4.69) is 25.9 Å². The molecule has 9 nitrogen and oxygen atoms in total. The predicted octanol–water partition coefficient (Wildman–Crippen LogP) is 3.99. The Morgan fingerprint density at radius 2 is 2.17 bits per heavy atom. The molecule has 1 unspecified atom stereocenters. The second kappa shape index (κ2) is 10.4. The number of rotatable bonds is 8. The van der Waals surface area contributed by atoms with Gasteiger partial charge in [0.2, 0.25) is 11.8 Å². The average molecular weight is 490 g/mol. The molecule has 4 heterocycles. The lowest BCUT2D eigenvalue weighted by Gasteiger charge is -2.33. The number of nitrogens with zero attached hydrogens (tertiary/aromatic N) is 5. The summed E-state index contributed by atoms with van der Waals surface area (Å²) in [5.74, 6) is 1.56. The van der Waals surface area contributed by atoms with Crippen LogP contribution in [0.2, 0.25) is 0 Å². The monoisotopic (exact) mass is 489 g/mol. The number of hydrogen-bond donors (Lipinski definition) is 2. The molecule has 1 aromatic carbocycles. The Bertz CT molecular complexity index is 1340. The first kappa shape index (κ1) is 23.2. The van der Waals surface area contributed by atoms with Crippen molar-refractivity contribution in [2.24, 2.45) is 0 Å². The summed E-state index contributed by atoms with van der Waals surface area (Å²) < 4.78 is 10.7. The molecule has 10 heteroatoms. The second-order valence-electron chi connectivity index (χ2n) is 8.73. The van der Waals surface area contributed by atoms with Crippen LogP contribution in [0.25, 0.3) is 10.9 Å². The fraction of sp³-hybridized carbons (Fsp3) is 0.360. The first-order valence-electron chi connectivity index (χ1n) is 11.7. The van der Waals surface area contributed by atoms with Gasteiger partial charge in [0.05, 0.1) is 6.04 Å². The zero-order valence-corrected chi connectivity index (χ0v) is 20.3. The molecule has 0 spiro atoms. The van der Waals surface area contributed by atoms with Crippen LogP contribution in [0, 0.1) is 18.3 Å². The van der Waals surface area contributed by atoms with Gasteiger partial charge in [0, 0.05) is 53.7 Å². The van der Waals surface area contributed by atoms with Crippen molar-refractivity contribution in [2.45, 2.75) is 49.6 Å². The van der Waals surface area contributed by atoms with Gasteiger partial charge in [-0.3, -0.25) is 4.79 Å². The van der Waals surface area contributed by atoms with Crippen LogP contribution >= 0.6 is 11.9 Å². The van der Waals surface area contributed by atoms with Crippen LogP contribution in [-0.2, 0) is 11.3 Å². The number of nitriles is 1. The first-order valence-corrected chi connectivity index (χ1v) is 12.6. The number of aryl methyl sites for hydroxylation is 2. The molecule has 2 N–H and O–H groups in total. The van der Waals surface area contributed by atoms with Crippen LogP contribution in [-0.4, -0.2) is 49.6 Å². The minimum atomic E-state index is -0.398. The lowest BCUT2D eigenvalue weighted by Crippen LogP contribution is -2.47. The van der Waals surface area contributed by atoms with Gasteiger partial charge in [0.25, 0.3) is 0 Å². The molecule has 1 aliphatic heterocycles. The van der Waals surface area contributed by atoms with Gasteiger partial charge in [-0.2, -0.15) is 10.2 Å². The molecule has 1 amide bonds. The van der Waals surface area contributed by atoms with Crippen LogP contribution < -0.4 is 4.72 Å². The molecule has 4 aromatic rings. The molecule has 1 saturated heterocycles. The van der Waals surface area contributed by atoms with Crippen LogP contribution in [0.4, 0.5) is 0 Å². The molecule has 180 valence electrons. The number of likely N-dealkylation sites (tertiary alicyclic amines) is 1. The van der Waals surface area contributed by atoms with Gasteiger partial charge in [0.1, 0.15) is 11.8 Å². The van der Waals surface area contributed by atoms with Gasteiger partial charge in [-0.1, -0.05) is 11.2 Å². The third-order valence-electron chi connectivity index (χ3n) is 6.47. The largest absolute Gasteiger partial charge is 0.361 e. The zero-order chi connectivity index (χ0) is 24.2. The molecule has 1 atom stereocenters. The van der Waals surface area contributed by atoms with Crippen LogP contribution in [0.3, 0.4) is 0 Å². The summed E-state index contributed by atoms with van der Waals surface area (Å²) in [6.45, 7) is 3.68. The Morgan fingerprint density at radius 1 is 1.31 bits per heavy atom. The molecule has 0 saturated carbocycles. The van der Waals surface area contributed by atoms with Crippen LogP contribution in [0.5, 0.6) is 0 Å². The predicted molar refractivity (Wildman–Crippen MR) is 132 cm³/mol. The number of piperidine rings is 1. The summed E-state index contributed by atoms with van der Waals surface area (Å²) in [6.07, 6.45) is 5.97. The van der Waals surface area contributed by atoms with Gasteiger partial charge < -0.3 is 19.0 Å². The Morgan fingerprint density at radius 3 is 2.94 bits per heavy atom. The number of fused-ring (bicyclic) bond motifs is 1. The highest BCUT2D eigenvalue weighted by Crippen LogP contribution is 2.29. The van der Waals surface area contributed by atoms with Crippen LogP contribution in [0.1, 0.15) is 42.6 Å². The average Bonchev–Trinajstić information content (AvgIpc) is 3.64. The number of amides is 1. The van der Waals surface area contributed by atoms with Gasteiger partial charge in [-0.15, -0.1) is 0 Å². The number of benzene rings is 1. The van der Waals surface area contributed by atoms with Crippen molar-refractivity contribution < 1.29 is 9.32 Å². The maximum atomic E-state index is 13.6. The molecule has 0 bridgehead atoms. The molecule has 0 aliphatic carbocycles. The minimum Gasteiger partial charge on any atom is -0.361 e. The standard InChI is InChI=1S/C25H27N7O2S/c1-17-28-24(34-29-17)18-8-13-32(14-9-18)25(33)22(10-15-31-12-3-4-19(31)16-26)30-35-23-6-2-5-21-20(23)7-11-27-21/h2-7,11-12,18,22,27,30H,8-10,13-15H2,1H3. The van der Waals surface area contributed by atoms with E-state index in [0.29, 0.717) is 43.5 Å². The van der Waals surface area contributed by atoms with E-state index >= 15 is 0 Å². The number of carbonyl (C=O) groups is 1. The Labute approximate surface area is 207 Å². The molecule has 35 heavy (non-hydrogen) atoms. The molecule has 3 aromatic heterocycles. The van der Waals surface area contributed by atoms with E-state index in [-0.39, 0.29) is 11.8 Å². The number of aromatic amines is 1. The van der Waals surface area contributed by atoms with Gasteiger partial charge in [-0.25, -0.2) is 4.72 Å². The highest BCUT2D eigenvalue weighted by atomic mass is 32.2. The second-order valence-corrected chi connectivity index (χ2v) is 9.61. The fourth-order valence-electron chi connectivity index (χ4n) is 4.54. The molecule has 0 radical (unpaired) electrons. The van der Waals surface area contributed by atoms with Crippen molar-refractivity contribution in [3.05, 3.63) is 66.2 Å². The van der Waals surface area contributed by atoms with Crippen molar-refractivity contribution in [1.29, 1.82) is 5.26 Å². The van der Waals surface area contributed by atoms with Crippen molar-refractivity contribution in [3.63, 3.8) is 0 Å². The Kier molecular flexibility index (Phi) is 6.88. The van der Waals surface area contributed by atoms with Crippen molar-refractivity contribution in [3.8, 4) is 6.07 Å². The van der Waals surface area contributed by atoms with E-state index in [0.717, 1.165) is 28.6 Å². The fourth-order valence-corrected chi connectivity index (χ4v) is 5.46. The molecule has 5 rings (SSSR count). The summed E-state index contributed by atoms with van der Waals surface area (Å²) in [5.41, 5.74) is 1.65. The highest BCUT2D eigenvalue weighted by Gasteiger charge is 2.31. The van der Waals surface area contributed by atoms with E-state index in [1.165, 1.54) is 11.9 Å². The Balaban J connectivity index is 1.28. The number of carbonyl (C=O) groups excluding carboxylic acids is 1. The maximum Gasteiger partial charge on any atom is 0.240 e. The van der Waals surface area contributed by atoms with E-state index in [1.807, 2.05) is 59.1 Å². The summed E-state index contributed by atoms with van der Waals surface area (Å²) >= 11 is 1.48. The zero-order valence-electron chi connectivity index (χ0n) is 19.5.